The molecule has 1 N–H and O–H groups in total. The average Bonchev–Trinajstić information content (AvgIpc) is 3.05. The molecule has 1 nitrogen and oxygen atoms in total. The van der Waals surface area contributed by atoms with Gasteiger partial charge in [-0.2, -0.15) is 11.8 Å². The van der Waals surface area contributed by atoms with Gasteiger partial charge in [0, 0.05) is 17.8 Å². The Kier molecular flexibility index (Phi) is 3.95. The van der Waals surface area contributed by atoms with Crippen LogP contribution in [0.2, 0.25) is 0 Å². The van der Waals surface area contributed by atoms with Gasteiger partial charge in [-0.1, -0.05) is 18.2 Å². The Morgan fingerprint density at radius 3 is 3.00 bits per heavy atom. The molecular formula is C16H23NS. The fourth-order valence-electron chi connectivity index (χ4n) is 3.09. The van der Waals surface area contributed by atoms with Gasteiger partial charge in [-0.25, -0.2) is 0 Å². The zero-order valence-electron chi connectivity index (χ0n) is 11.2. The standard InChI is InChI=1S/C16H23NS/c1-12(17-11-16-6-3-9-18-16)14-8-7-13-4-2-5-15(13)10-14/h7-8,10,12,16-17H,2-6,9,11H2,1H3. The quantitative estimate of drug-likeness (QED) is 0.886. The molecule has 3 rings (SSSR count). The third kappa shape index (κ3) is 2.75. The summed E-state index contributed by atoms with van der Waals surface area (Å²) in [5.74, 6) is 1.36. The molecule has 2 heteroatoms. The van der Waals surface area contributed by atoms with Gasteiger partial charge in [0.1, 0.15) is 0 Å². The van der Waals surface area contributed by atoms with Gasteiger partial charge in [0.2, 0.25) is 0 Å². The molecule has 0 bridgehead atoms. The highest BCUT2D eigenvalue weighted by Gasteiger charge is 2.17. The third-order valence-electron chi connectivity index (χ3n) is 4.30. The summed E-state index contributed by atoms with van der Waals surface area (Å²) in [5.41, 5.74) is 4.65. The molecule has 2 aliphatic rings. The van der Waals surface area contributed by atoms with Gasteiger partial charge in [-0.3, -0.25) is 0 Å². The summed E-state index contributed by atoms with van der Waals surface area (Å²) in [6.07, 6.45) is 6.72. The fraction of sp³-hybridized carbons (Fsp3) is 0.625. The second-order valence-corrected chi connectivity index (χ2v) is 7.05. The van der Waals surface area contributed by atoms with Crippen LogP contribution in [0.25, 0.3) is 0 Å². The van der Waals surface area contributed by atoms with E-state index < -0.39 is 0 Å². The lowest BCUT2D eigenvalue weighted by Gasteiger charge is -2.18. The highest BCUT2D eigenvalue weighted by Crippen LogP contribution is 2.27. The minimum absolute atomic E-state index is 0.497. The zero-order valence-corrected chi connectivity index (χ0v) is 12.1. The minimum atomic E-state index is 0.497. The fourth-order valence-corrected chi connectivity index (χ4v) is 4.31. The summed E-state index contributed by atoms with van der Waals surface area (Å²) in [7, 11) is 0. The molecule has 1 aromatic carbocycles. The summed E-state index contributed by atoms with van der Waals surface area (Å²) in [5, 5.41) is 4.56. The first-order valence-electron chi connectivity index (χ1n) is 7.29. The monoisotopic (exact) mass is 261 g/mol. The molecule has 0 spiro atoms. The third-order valence-corrected chi connectivity index (χ3v) is 5.70. The van der Waals surface area contributed by atoms with E-state index in [1.165, 1.54) is 50.0 Å². The van der Waals surface area contributed by atoms with Crippen molar-refractivity contribution in [3.05, 3.63) is 34.9 Å². The molecule has 1 aliphatic heterocycles. The van der Waals surface area contributed by atoms with Gasteiger partial charge in [0.25, 0.3) is 0 Å². The summed E-state index contributed by atoms with van der Waals surface area (Å²) in [4.78, 5) is 0. The maximum atomic E-state index is 3.71. The van der Waals surface area contributed by atoms with Crippen LogP contribution in [0.4, 0.5) is 0 Å². The van der Waals surface area contributed by atoms with Crippen molar-refractivity contribution in [1.29, 1.82) is 0 Å². The lowest BCUT2D eigenvalue weighted by molar-refractivity contribution is 0.559. The molecule has 0 radical (unpaired) electrons. The van der Waals surface area contributed by atoms with Crippen LogP contribution in [0.3, 0.4) is 0 Å². The van der Waals surface area contributed by atoms with E-state index in [2.05, 4.69) is 42.2 Å². The number of hydrogen-bond donors (Lipinski definition) is 1. The molecule has 18 heavy (non-hydrogen) atoms. The number of nitrogens with one attached hydrogen (secondary N) is 1. The van der Waals surface area contributed by atoms with Crippen molar-refractivity contribution in [2.75, 3.05) is 12.3 Å². The van der Waals surface area contributed by atoms with Gasteiger partial charge in [0.05, 0.1) is 0 Å². The number of benzene rings is 1. The van der Waals surface area contributed by atoms with Crippen molar-refractivity contribution in [1.82, 2.24) is 5.32 Å². The highest BCUT2D eigenvalue weighted by atomic mass is 32.2. The lowest BCUT2D eigenvalue weighted by Crippen LogP contribution is -2.26. The van der Waals surface area contributed by atoms with Crippen LogP contribution >= 0.6 is 11.8 Å². The highest BCUT2D eigenvalue weighted by molar-refractivity contribution is 8.00. The van der Waals surface area contributed by atoms with Crippen LogP contribution in [0.1, 0.15) is 48.9 Å². The van der Waals surface area contributed by atoms with E-state index in [-0.39, 0.29) is 0 Å². The molecule has 0 saturated carbocycles. The Morgan fingerprint density at radius 2 is 2.17 bits per heavy atom. The SMILES string of the molecule is CC(NCC1CCCS1)c1ccc2c(c1)CCC2. The van der Waals surface area contributed by atoms with Gasteiger partial charge < -0.3 is 5.32 Å². The molecule has 2 unspecified atom stereocenters. The summed E-state index contributed by atoms with van der Waals surface area (Å²) >= 11 is 2.14. The molecule has 1 fully saturated rings. The normalized spacial score (nSPS) is 24.2. The van der Waals surface area contributed by atoms with Crippen LogP contribution in [-0.4, -0.2) is 17.5 Å². The Hall–Kier alpha value is -0.470. The van der Waals surface area contributed by atoms with E-state index >= 15 is 0 Å². The Labute approximate surface area is 115 Å². The van der Waals surface area contributed by atoms with Gasteiger partial charge in [-0.05, 0) is 61.5 Å². The maximum absolute atomic E-state index is 3.71. The van der Waals surface area contributed by atoms with E-state index in [4.69, 9.17) is 0 Å². The first-order chi connectivity index (χ1) is 8.83. The zero-order chi connectivity index (χ0) is 12.4. The molecular weight excluding hydrogens is 238 g/mol. The number of rotatable bonds is 4. The second-order valence-electron chi connectivity index (χ2n) is 5.65. The predicted octanol–water partition coefficient (Wildman–Crippen LogP) is 3.72. The molecule has 98 valence electrons. The topological polar surface area (TPSA) is 12.0 Å². The average molecular weight is 261 g/mol. The first-order valence-corrected chi connectivity index (χ1v) is 8.34. The van der Waals surface area contributed by atoms with Crippen LogP contribution in [0, 0.1) is 0 Å². The van der Waals surface area contributed by atoms with Crippen LogP contribution in [-0.2, 0) is 12.8 Å². The largest absolute Gasteiger partial charge is 0.309 e. The van der Waals surface area contributed by atoms with Crippen molar-refractivity contribution in [2.24, 2.45) is 0 Å². The second kappa shape index (κ2) is 5.66. The lowest BCUT2D eigenvalue weighted by atomic mass is 10.0. The van der Waals surface area contributed by atoms with Gasteiger partial charge >= 0.3 is 0 Å². The Bertz CT molecular complexity index is 410. The van der Waals surface area contributed by atoms with Crippen molar-refractivity contribution >= 4 is 11.8 Å². The smallest absolute Gasteiger partial charge is 0.0292 e. The number of hydrogen-bond acceptors (Lipinski definition) is 2. The first kappa shape index (κ1) is 12.6. The molecule has 0 amide bonds. The van der Waals surface area contributed by atoms with Gasteiger partial charge in [-0.15, -0.1) is 0 Å². The van der Waals surface area contributed by atoms with E-state index in [0.29, 0.717) is 6.04 Å². The molecule has 1 aromatic rings. The van der Waals surface area contributed by atoms with Crippen molar-refractivity contribution < 1.29 is 0 Å². The number of fused-ring (bicyclic) bond motifs is 1. The Balaban J connectivity index is 1.59. The summed E-state index contributed by atoms with van der Waals surface area (Å²) < 4.78 is 0. The Morgan fingerprint density at radius 1 is 1.28 bits per heavy atom. The molecule has 2 atom stereocenters. The molecule has 1 heterocycles. The predicted molar refractivity (Wildman–Crippen MR) is 80.4 cm³/mol. The van der Waals surface area contributed by atoms with E-state index in [1.54, 1.807) is 11.1 Å². The van der Waals surface area contributed by atoms with E-state index in [1.807, 2.05) is 0 Å². The molecule has 0 aromatic heterocycles. The van der Waals surface area contributed by atoms with Crippen molar-refractivity contribution in [2.45, 2.75) is 50.3 Å². The van der Waals surface area contributed by atoms with Crippen LogP contribution in [0.5, 0.6) is 0 Å². The van der Waals surface area contributed by atoms with E-state index in [9.17, 15) is 0 Å². The molecule has 1 saturated heterocycles. The number of thioether (sulfide) groups is 1. The summed E-state index contributed by atoms with van der Waals surface area (Å²) in [6, 6.07) is 7.60. The van der Waals surface area contributed by atoms with Gasteiger partial charge in [0.15, 0.2) is 0 Å². The van der Waals surface area contributed by atoms with Crippen LogP contribution < -0.4 is 5.32 Å². The summed E-state index contributed by atoms with van der Waals surface area (Å²) in [6.45, 7) is 3.47. The maximum Gasteiger partial charge on any atom is 0.0292 e. The van der Waals surface area contributed by atoms with Crippen molar-refractivity contribution in [3.63, 3.8) is 0 Å². The van der Waals surface area contributed by atoms with Crippen LogP contribution in [0.15, 0.2) is 18.2 Å². The molecule has 1 aliphatic carbocycles. The van der Waals surface area contributed by atoms with E-state index in [0.717, 1.165) is 5.25 Å². The minimum Gasteiger partial charge on any atom is -0.309 e. The van der Waals surface area contributed by atoms with Crippen molar-refractivity contribution in [3.8, 4) is 0 Å². The number of aryl methyl sites for hydroxylation is 2.